The number of amides is 1. The Balaban J connectivity index is 1.54. The van der Waals surface area contributed by atoms with Crippen LogP contribution in [0.15, 0.2) is 30.4 Å². The molecule has 0 saturated carbocycles. The zero-order valence-electron chi connectivity index (χ0n) is 11.9. The van der Waals surface area contributed by atoms with Gasteiger partial charge >= 0.3 is 0 Å². The summed E-state index contributed by atoms with van der Waals surface area (Å²) in [4.78, 5) is 25.8. The van der Waals surface area contributed by atoms with Crippen LogP contribution < -0.4 is 19.5 Å². The van der Waals surface area contributed by atoms with Crippen LogP contribution in [0.1, 0.15) is 0 Å². The highest BCUT2D eigenvalue weighted by Crippen LogP contribution is 2.52. The van der Waals surface area contributed by atoms with Gasteiger partial charge in [0.05, 0.1) is 18.6 Å². The molecule has 2 fully saturated rings. The third-order valence-electron chi connectivity index (χ3n) is 5.04. The molecule has 0 unspecified atom stereocenters. The Hall–Kier alpha value is -2.54. The SMILES string of the molecule is O=C([O-])[C@@H]1[C@H]2C(=O)N(c3ccc4c(c3)OCO4)C[C@]23C=C[C@H]1O3. The van der Waals surface area contributed by atoms with Gasteiger partial charge in [0.1, 0.15) is 5.60 Å². The Labute approximate surface area is 131 Å². The zero-order valence-corrected chi connectivity index (χ0v) is 11.9. The number of anilines is 1. The standard InChI is InChI=1S/C16H13NO6/c18-14-13-12(15(19)20)10-3-4-16(13,23-10)6-17(14)8-1-2-9-11(5-8)22-7-21-9/h1-5,10,12-13H,6-7H2,(H,19,20)/p-1/t10-,12+,13+,16-/m1/s1. The zero-order chi connectivity index (χ0) is 15.8. The van der Waals surface area contributed by atoms with Gasteiger partial charge in [0.15, 0.2) is 11.5 Å². The fraction of sp³-hybridized carbons (Fsp3) is 0.375. The Morgan fingerprint density at radius 2 is 2.13 bits per heavy atom. The number of nitrogens with zero attached hydrogens (tertiary/aromatic N) is 1. The molecule has 1 spiro atoms. The van der Waals surface area contributed by atoms with Crippen LogP contribution in [0, 0.1) is 11.8 Å². The van der Waals surface area contributed by atoms with Gasteiger partial charge in [0.2, 0.25) is 12.7 Å². The van der Waals surface area contributed by atoms with Crippen LogP contribution in [0.2, 0.25) is 0 Å². The van der Waals surface area contributed by atoms with Gasteiger partial charge in [-0.3, -0.25) is 4.79 Å². The molecule has 0 N–H and O–H groups in total. The van der Waals surface area contributed by atoms with Gasteiger partial charge in [-0.1, -0.05) is 12.2 Å². The van der Waals surface area contributed by atoms with Gasteiger partial charge < -0.3 is 29.0 Å². The number of aliphatic carboxylic acids is 1. The van der Waals surface area contributed by atoms with E-state index in [0.29, 0.717) is 17.2 Å². The molecule has 0 radical (unpaired) electrons. The maximum absolute atomic E-state index is 12.8. The minimum absolute atomic E-state index is 0.152. The van der Waals surface area contributed by atoms with Crippen molar-refractivity contribution in [1.29, 1.82) is 0 Å². The van der Waals surface area contributed by atoms with Crippen LogP contribution in [-0.4, -0.2) is 36.9 Å². The maximum Gasteiger partial charge on any atom is 0.234 e. The fourth-order valence-corrected chi connectivity index (χ4v) is 4.04. The number of carbonyl (C=O) groups is 2. The Kier molecular flexibility index (Phi) is 2.28. The van der Waals surface area contributed by atoms with Crippen molar-refractivity contribution in [3.05, 3.63) is 30.4 Å². The lowest BCUT2D eigenvalue weighted by Gasteiger charge is -2.24. The van der Waals surface area contributed by atoms with E-state index in [4.69, 9.17) is 14.2 Å². The van der Waals surface area contributed by atoms with Crippen molar-refractivity contribution in [2.45, 2.75) is 11.7 Å². The number of hydrogen-bond acceptors (Lipinski definition) is 6. The summed E-state index contributed by atoms with van der Waals surface area (Å²) in [5.41, 5.74) is -0.233. The lowest BCUT2D eigenvalue weighted by molar-refractivity contribution is -0.313. The molecule has 4 aliphatic heterocycles. The normalized spacial score (nSPS) is 35.9. The molecule has 118 valence electrons. The minimum Gasteiger partial charge on any atom is -0.550 e. The van der Waals surface area contributed by atoms with Crippen LogP contribution >= 0.6 is 0 Å². The summed E-state index contributed by atoms with van der Waals surface area (Å²) in [6.45, 7) is 0.437. The molecule has 0 aromatic heterocycles. The van der Waals surface area contributed by atoms with Gasteiger partial charge in [-0.15, -0.1) is 0 Å². The highest BCUT2D eigenvalue weighted by Gasteiger charge is 2.65. The largest absolute Gasteiger partial charge is 0.550 e. The molecule has 4 heterocycles. The average molecular weight is 314 g/mol. The van der Waals surface area contributed by atoms with E-state index in [1.807, 2.05) is 6.08 Å². The minimum atomic E-state index is -1.24. The number of benzene rings is 1. The van der Waals surface area contributed by atoms with Crippen molar-refractivity contribution in [2.75, 3.05) is 18.2 Å². The van der Waals surface area contributed by atoms with Crippen LogP contribution in [-0.2, 0) is 14.3 Å². The van der Waals surface area contributed by atoms with Crippen LogP contribution in [0.4, 0.5) is 5.69 Å². The molecule has 23 heavy (non-hydrogen) atoms. The van der Waals surface area contributed by atoms with Gasteiger partial charge in [-0.05, 0) is 12.1 Å². The summed E-state index contributed by atoms with van der Waals surface area (Å²) < 4.78 is 16.4. The van der Waals surface area contributed by atoms with Crippen LogP contribution in [0.3, 0.4) is 0 Å². The highest BCUT2D eigenvalue weighted by molar-refractivity contribution is 6.02. The molecule has 4 atom stereocenters. The van der Waals surface area contributed by atoms with Gasteiger partial charge in [0.25, 0.3) is 0 Å². The van der Waals surface area contributed by atoms with E-state index in [1.54, 1.807) is 29.2 Å². The smallest absolute Gasteiger partial charge is 0.234 e. The number of rotatable bonds is 2. The molecule has 1 amide bonds. The van der Waals surface area contributed by atoms with Gasteiger partial charge in [-0.25, -0.2) is 0 Å². The Morgan fingerprint density at radius 3 is 2.96 bits per heavy atom. The van der Waals surface area contributed by atoms with E-state index >= 15 is 0 Å². The Morgan fingerprint density at radius 1 is 1.30 bits per heavy atom. The monoisotopic (exact) mass is 314 g/mol. The molecule has 2 bridgehead atoms. The first-order chi connectivity index (χ1) is 11.1. The maximum atomic E-state index is 12.8. The predicted molar refractivity (Wildman–Crippen MR) is 73.6 cm³/mol. The summed E-state index contributed by atoms with van der Waals surface area (Å²) in [5, 5.41) is 11.4. The van der Waals surface area contributed by atoms with Crippen molar-refractivity contribution < 1.29 is 28.9 Å². The van der Waals surface area contributed by atoms with E-state index in [2.05, 4.69) is 0 Å². The van der Waals surface area contributed by atoms with Crippen LogP contribution in [0.25, 0.3) is 0 Å². The molecule has 0 aliphatic carbocycles. The van der Waals surface area contributed by atoms with Crippen LogP contribution in [0.5, 0.6) is 11.5 Å². The topological polar surface area (TPSA) is 88.1 Å². The number of fused-ring (bicyclic) bond motifs is 2. The summed E-state index contributed by atoms with van der Waals surface area (Å²) in [6, 6.07) is 5.22. The summed E-state index contributed by atoms with van der Waals surface area (Å²) >= 11 is 0. The molecule has 5 rings (SSSR count). The lowest BCUT2D eigenvalue weighted by atomic mass is 9.77. The number of carboxylic acid groups (broad SMARTS) is 1. The molecule has 4 aliphatic rings. The van der Waals surface area contributed by atoms with E-state index in [1.165, 1.54) is 0 Å². The second kappa shape index (κ2) is 4.05. The van der Waals surface area contributed by atoms with Gasteiger partial charge in [-0.2, -0.15) is 0 Å². The third-order valence-corrected chi connectivity index (χ3v) is 5.04. The molecule has 1 aromatic carbocycles. The van der Waals surface area contributed by atoms with Gasteiger partial charge in [0, 0.05) is 23.6 Å². The molecule has 7 heteroatoms. The van der Waals surface area contributed by atoms with E-state index in [-0.39, 0.29) is 19.2 Å². The average Bonchev–Trinajstić information content (AvgIpc) is 3.26. The second-order valence-electron chi connectivity index (χ2n) is 6.18. The summed E-state index contributed by atoms with van der Waals surface area (Å²) in [5.74, 6) is -1.98. The summed E-state index contributed by atoms with van der Waals surface area (Å²) in [6.07, 6.45) is 2.95. The highest BCUT2D eigenvalue weighted by atomic mass is 16.7. The number of carbonyl (C=O) groups excluding carboxylic acids is 2. The van der Waals surface area contributed by atoms with E-state index in [9.17, 15) is 14.7 Å². The van der Waals surface area contributed by atoms with Crippen molar-refractivity contribution in [3.63, 3.8) is 0 Å². The first kappa shape index (κ1) is 13.0. The first-order valence-electron chi connectivity index (χ1n) is 7.38. The quantitative estimate of drug-likeness (QED) is 0.681. The fourth-order valence-electron chi connectivity index (χ4n) is 4.04. The molecule has 1 aromatic rings. The number of hydrogen-bond donors (Lipinski definition) is 0. The number of ether oxygens (including phenoxy) is 3. The summed E-state index contributed by atoms with van der Waals surface area (Å²) in [7, 11) is 0. The lowest BCUT2D eigenvalue weighted by Crippen LogP contribution is -2.45. The predicted octanol–water partition coefficient (Wildman–Crippen LogP) is -0.548. The van der Waals surface area contributed by atoms with Crippen molar-refractivity contribution >= 4 is 17.6 Å². The number of carboxylic acids is 1. The molecular weight excluding hydrogens is 302 g/mol. The second-order valence-corrected chi connectivity index (χ2v) is 6.18. The molecular formula is C16H12NO6-. The Bertz CT molecular complexity index is 774. The first-order valence-corrected chi connectivity index (χ1v) is 7.38. The van der Waals surface area contributed by atoms with Crippen molar-refractivity contribution in [1.82, 2.24) is 0 Å². The van der Waals surface area contributed by atoms with Crippen molar-refractivity contribution in [3.8, 4) is 11.5 Å². The van der Waals surface area contributed by atoms with E-state index < -0.39 is 29.5 Å². The molecule has 7 nitrogen and oxygen atoms in total. The molecule has 2 saturated heterocycles. The third kappa shape index (κ3) is 1.52. The van der Waals surface area contributed by atoms with Crippen molar-refractivity contribution in [2.24, 2.45) is 11.8 Å². The van der Waals surface area contributed by atoms with E-state index in [0.717, 1.165) is 0 Å².